The Hall–Kier alpha value is -3.13. The van der Waals surface area contributed by atoms with Crippen LogP contribution in [0.2, 0.25) is 0 Å². The molecule has 0 saturated carbocycles. The van der Waals surface area contributed by atoms with Crippen molar-refractivity contribution in [3.8, 4) is 0 Å². The minimum atomic E-state index is -5.08. The van der Waals surface area contributed by atoms with E-state index in [1.807, 2.05) is 4.57 Å². The summed E-state index contributed by atoms with van der Waals surface area (Å²) in [4.78, 5) is 27.4. The van der Waals surface area contributed by atoms with E-state index in [-0.39, 0.29) is 12.3 Å². The molecule has 1 amide bonds. The molecule has 0 aromatic carbocycles. The summed E-state index contributed by atoms with van der Waals surface area (Å²) in [6.45, 7) is 3.35. The molecule has 2 aliphatic heterocycles. The highest BCUT2D eigenvalue weighted by molar-refractivity contribution is 5.78. The van der Waals surface area contributed by atoms with Gasteiger partial charge >= 0.3 is 12.1 Å². The summed E-state index contributed by atoms with van der Waals surface area (Å²) < 4.78 is 58.6. The number of carboxylic acids is 1. The van der Waals surface area contributed by atoms with Crippen LogP contribution in [-0.4, -0.2) is 86.3 Å². The van der Waals surface area contributed by atoms with Gasteiger partial charge in [-0.25, -0.2) is 9.18 Å². The quantitative estimate of drug-likeness (QED) is 0.639. The molecule has 4 rings (SSSR count). The lowest BCUT2D eigenvalue weighted by atomic mass is 9.94. The van der Waals surface area contributed by atoms with E-state index < -0.39 is 23.6 Å². The molecule has 2 unspecified atom stereocenters. The highest BCUT2D eigenvalue weighted by Gasteiger charge is 2.44. The summed E-state index contributed by atoms with van der Waals surface area (Å²) in [5, 5.41) is 14.8. The number of ether oxygens (including phenoxy) is 2. The van der Waals surface area contributed by atoms with Gasteiger partial charge in [0.15, 0.2) is 0 Å². The lowest BCUT2D eigenvalue weighted by molar-refractivity contribution is -0.192. The smallest absolute Gasteiger partial charge is 0.475 e. The van der Waals surface area contributed by atoms with Crippen molar-refractivity contribution in [3.05, 3.63) is 42.5 Å². The van der Waals surface area contributed by atoms with Crippen LogP contribution in [0.3, 0.4) is 0 Å². The topological polar surface area (TPSA) is 120 Å². The van der Waals surface area contributed by atoms with E-state index in [9.17, 15) is 22.4 Å². The van der Waals surface area contributed by atoms with Gasteiger partial charge in [-0.15, -0.1) is 10.2 Å². The summed E-state index contributed by atoms with van der Waals surface area (Å²) in [6.07, 6.45) is 0.385. The van der Waals surface area contributed by atoms with Crippen LogP contribution in [0.4, 0.5) is 17.6 Å². The van der Waals surface area contributed by atoms with Gasteiger partial charge < -0.3 is 24.0 Å². The van der Waals surface area contributed by atoms with Gasteiger partial charge in [0, 0.05) is 24.7 Å². The normalized spacial score (nSPS) is 22.7. The number of carboxylic acid groups (broad SMARTS) is 1. The SMILES string of the molecule is O=C(Cc1ccc(F)cn1)N1CCOCC2(CC(Cn3cnnc3)CO2)C1.O=C(O)C(F)(F)F. The number of hydrogen-bond acceptors (Lipinski definition) is 7. The lowest BCUT2D eigenvalue weighted by Gasteiger charge is -2.31. The fourth-order valence-corrected chi connectivity index (χ4v) is 3.78. The summed E-state index contributed by atoms with van der Waals surface area (Å²) in [6, 6.07) is 2.86. The maximum Gasteiger partial charge on any atom is 0.490 e. The number of nitrogens with zero attached hydrogens (tertiary/aromatic N) is 5. The van der Waals surface area contributed by atoms with Crippen LogP contribution in [0.15, 0.2) is 31.0 Å². The van der Waals surface area contributed by atoms with Gasteiger partial charge in [0.25, 0.3) is 0 Å². The Kier molecular flexibility index (Phi) is 8.15. The molecule has 2 fully saturated rings. The molecule has 0 bridgehead atoms. The molecule has 186 valence electrons. The van der Waals surface area contributed by atoms with Crippen LogP contribution in [0.25, 0.3) is 0 Å². The third kappa shape index (κ3) is 7.18. The molecule has 0 aliphatic carbocycles. The molecule has 2 aromatic rings. The minimum Gasteiger partial charge on any atom is -0.475 e. The summed E-state index contributed by atoms with van der Waals surface area (Å²) in [5.41, 5.74) is 0.0691. The number of halogens is 4. The molecule has 1 spiro atoms. The van der Waals surface area contributed by atoms with Crippen molar-refractivity contribution in [2.75, 3.05) is 32.9 Å². The van der Waals surface area contributed by atoms with Crippen LogP contribution in [-0.2, 0) is 32.0 Å². The first-order valence-electron chi connectivity index (χ1n) is 10.3. The van der Waals surface area contributed by atoms with E-state index in [0.29, 0.717) is 44.5 Å². The average Bonchev–Trinajstić information content (AvgIpc) is 3.36. The van der Waals surface area contributed by atoms with Crippen molar-refractivity contribution in [2.24, 2.45) is 5.92 Å². The van der Waals surface area contributed by atoms with Crippen molar-refractivity contribution >= 4 is 11.9 Å². The van der Waals surface area contributed by atoms with Crippen molar-refractivity contribution in [1.82, 2.24) is 24.6 Å². The summed E-state index contributed by atoms with van der Waals surface area (Å²) >= 11 is 0. The maximum atomic E-state index is 13.0. The third-order valence-corrected chi connectivity index (χ3v) is 5.29. The number of pyridine rings is 1. The first kappa shape index (κ1) is 25.5. The number of carbonyl (C=O) groups is 2. The second-order valence-electron chi connectivity index (χ2n) is 8.04. The van der Waals surface area contributed by atoms with Crippen molar-refractivity contribution in [2.45, 2.75) is 31.2 Å². The molecule has 2 aromatic heterocycles. The Morgan fingerprint density at radius 3 is 2.56 bits per heavy atom. The number of carbonyl (C=O) groups excluding carboxylic acids is 1. The number of rotatable bonds is 4. The summed E-state index contributed by atoms with van der Waals surface area (Å²) in [5.74, 6) is -2.90. The van der Waals surface area contributed by atoms with Gasteiger partial charge in [-0.05, 0) is 18.6 Å². The van der Waals surface area contributed by atoms with E-state index >= 15 is 0 Å². The van der Waals surface area contributed by atoms with Crippen molar-refractivity contribution in [1.29, 1.82) is 0 Å². The van der Waals surface area contributed by atoms with E-state index in [2.05, 4.69) is 15.2 Å². The fraction of sp³-hybridized carbons (Fsp3) is 0.550. The monoisotopic (exact) mass is 489 g/mol. The fourth-order valence-electron chi connectivity index (χ4n) is 3.78. The molecule has 14 heteroatoms. The number of aromatic nitrogens is 4. The van der Waals surface area contributed by atoms with E-state index in [0.717, 1.165) is 19.2 Å². The zero-order valence-corrected chi connectivity index (χ0v) is 17.9. The van der Waals surface area contributed by atoms with Gasteiger partial charge in [-0.3, -0.25) is 9.78 Å². The molecule has 4 heterocycles. The second kappa shape index (κ2) is 10.9. The predicted octanol–water partition coefficient (Wildman–Crippen LogP) is 1.32. The van der Waals surface area contributed by atoms with Crippen LogP contribution in [0, 0.1) is 11.7 Å². The predicted molar refractivity (Wildman–Crippen MR) is 106 cm³/mol. The number of alkyl halides is 3. The molecular weight excluding hydrogens is 466 g/mol. The molecule has 2 saturated heterocycles. The van der Waals surface area contributed by atoms with E-state index in [4.69, 9.17) is 19.4 Å². The standard InChI is InChI=1S/C18H22FN5O3.C2HF3O2/c19-15-1-2-16(20-7-15)5-17(25)24-3-4-26-11-18(10-24)6-14(9-27-18)8-23-12-21-22-13-23;3-2(4,5)1(6)7/h1-2,7,12-14H,3-6,8-11H2;(H,6,7). The summed E-state index contributed by atoms with van der Waals surface area (Å²) in [7, 11) is 0. The minimum absolute atomic E-state index is 0.0511. The molecular formula is C20H23F4N5O5. The highest BCUT2D eigenvalue weighted by Crippen LogP contribution is 2.33. The van der Waals surface area contributed by atoms with Crippen LogP contribution in [0.1, 0.15) is 12.1 Å². The third-order valence-electron chi connectivity index (χ3n) is 5.29. The highest BCUT2D eigenvalue weighted by atomic mass is 19.4. The number of amides is 1. The zero-order chi connectivity index (χ0) is 24.8. The first-order chi connectivity index (χ1) is 16.1. The number of hydrogen-bond donors (Lipinski definition) is 1. The van der Waals surface area contributed by atoms with Crippen molar-refractivity contribution < 1.29 is 41.7 Å². The zero-order valence-electron chi connectivity index (χ0n) is 17.9. The van der Waals surface area contributed by atoms with Crippen LogP contribution >= 0.6 is 0 Å². The number of aliphatic carboxylic acids is 1. The first-order valence-corrected chi connectivity index (χ1v) is 10.3. The van der Waals surface area contributed by atoms with Crippen LogP contribution in [0.5, 0.6) is 0 Å². The van der Waals surface area contributed by atoms with Gasteiger partial charge in [-0.1, -0.05) is 0 Å². The Labute approximate surface area is 191 Å². The van der Waals surface area contributed by atoms with E-state index in [1.165, 1.54) is 6.07 Å². The van der Waals surface area contributed by atoms with E-state index in [1.54, 1.807) is 23.6 Å². The van der Waals surface area contributed by atoms with Gasteiger partial charge in [0.2, 0.25) is 5.91 Å². The molecule has 2 atom stereocenters. The van der Waals surface area contributed by atoms with Crippen molar-refractivity contribution in [3.63, 3.8) is 0 Å². The van der Waals surface area contributed by atoms with Gasteiger partial charge in [-0.2, -0.15) is 13.2 Å². The molecule has 1 N–H and O–H groups in total. The Bertz CT molecular complexity index is 957. The Morgan fingerprint density at radius 1 is 1.24 bits per heavy atom. The van der Waals surface area contributed by atoms with Gasteiger partial charge in [0.1, 0.15) is 24.1 Å². The average molecular weight is 489 g/mol. The lowest BCUT2D eigenvalue weighted by Crippen LogP contribution is -2.46. The molecule has 2 aliphatic rings. The van der Waals surface area contributed by atoms with Crippen LogP contribution < -0.4 is 0 Å². The Balaban J connectivity index is 0.000000406. The second-order valence-corrected chi connectivity index (χ2v) is 8.04. The Morgan fingerprint density at radius 2 is 1.94 bits per heavy atom. The molecule has 34 heavy (non-hydrogen) atoms. The molecule has 0 radical (unpaired) electrons. The maximum absolute atomic E-state index is 13.0. The molecule has 10 nitrogen and oxygen atoms in total. The van der Waals surface area contributed by atoms with Gasteiger partial charge in [0.05, 0.1) is 39.0 Å². The largest absolute Gasteiger partial charge is 0.490 e.